The lowest BCUT2D eigenvalue weighted by atomic mass is 10.0. The monoisotopic (exact) mass is 336 g/mol. The van der Waals surface area contributed by atoms with Crippen LogP contribution >= 0.6 is 0 Å². The molecule has 1 aliphatic heterocycles. The van der Waals surface area contributed by atoms with Crippen molar-refractivity contribution in [3.8, 4) is 0 Å². The molecule has 0 aromatic heterocycles. The van der Waals surface area contributed by atoms with Crippen molar-refractivity contribution in [3.05, 3.63) is 65.2 Å². The van der Waals surface area contributed by atoms with Crippen molar-refractivity contribution in [2.75, 3.05) is 18.4 Å². The first kappa shape index (κ1) is 17.7. The number of carbonyl (C=O) groups excluding carboxylic acids is 1. The summed E-state index contributed by atoms with van der Waals surface area (Å²) in [4.78, 5) is 15.1. The second-order valence-corrected chi connectivity index (χ2v) is 7.39. The van der Waals surface area contributed by atoms with Crippen molar-refractivity contribution < 1.29 is 4.79 Å². The van der Waals surface area contributed by atoms with E-state index in [1.165, 1.54) is 24.0 Å². The van der Waals surface area contributed by atoms with Crippen LogP contribution in [0.1, 0.15) is 48.2 Å². The summed E-state index contributed by atoms with van der Waals surface area (Å²) in [6.45, 7) is 7.62. The van der Waals surface area contributed by atoms with E-state index < -0.39 is 0 Å². The van der Waals surface area contributed by atoms with Crippen LogP contribution in [0.5, 0.6) is 0 Å². The maximum atomic E-state index is 12.6. The van der Waals surface area contributed by atoms with E-state index >= 15 is 0 Å². The summed E-state index contributed by atoms with van der Waals surface area (Å²) >= 11 is 0. The van der Waals surface area contributed by atoms with E-state index in [2.05, 4.69) is 42.3 Å². The zero-order valence-electron chi connectivity index (χ0n) is 15.3. The highest BCUT2D eigenvalue weighted by molar-refractivity contribution is 6.04. The minimum absolute atomic E-state index is 0.0371. The molecular formula is C22H28N2O. The van der Waals surface area contributed by atoms with E-state index in [-0.39, 0.29) is 5.91 Å². The third-order valence-electron chi connectivity index (χ3n) is 4.72. The molecular weight excluding hydrogens is 308 g/mol. The van der Waals surface area contributed by atoms with Gasteiger partial charge in [-0.2, -0.15) is 0 Å². The molecule has 0 radical (unpaired) electrons. The smallest absolute Gasteiger partial charge is 0.255 e. The first-order valence-electron chi connectivity index (χ1n) is 9.32. The number of nitrogens with one attached hydrogen (secondary N) is 1. The summed E-state index contributed by atoms with van der Waals surface area (Å²) < 4.78 is 0. The number of rotatable bonds is 6. The van der Waals surface area contributed by atoms with Gasteiger partial charge in [-0.3, -0.25) is 9.69 Å². The summed E-state index contributed by atoms with van der Waals surface area (Å²) in [6.07, 6.45) is 3.59. The van der Waals surface area contributed by atoms with Crippen LogP contribution in [-0.4, -0.2) is 23.9 Å². The van der Waals surface area contributed by atoms with E-state index in [0.717, 1.165) is 31.7 Å². The highest BCUT2D eigenvalue weighted by atomic mass is 16.1. The maximum Gasteiger partial charge on any atom is 0.255 e. The molecule has 2 aromatic carbocycles. The zero-order valence-corrected chi connectivity index (χ0v) is 15.3. The predicted octanol–water partition coefficient (Wildman–Crippen LogP) is 4.73. The molecule has 3 rings (SSSR count). The van der Waals surface area contributed by atoms with Crippen molar-refractivity contribution in [1.29, 1.82) is 0 Å². The van der Waals surface area contributed by atoms with Gasteiger partial charge in [0.05, 0.1) is 0 Å². The van der Waals surface area contributed by atoms with Gasteiger partial charge in [0.25, 0.3) is 5.91 Å². The average Bonchev–Trinajstić information content (AvgIpc) is 3.10. The fourth-order valence-corrected chi connectivity index (χ4v) is 3.42. The Hall–Kier alpha value is -2.13. The van der Waals surface area contributed by atoms with E-state index in [1.807, 2.05) is 30.3 Å². The third-order valence-corrected chi connectivity index (χ3v) is 4.72. The van der Waals surface area contributed by atoms with E-state index in [1.54, 1.807) is 0 Å². The number of amides is 1. The van der Waals surface area contributed by atoms with E-state index in [9.17, 15) is 4.79 Å². The van der Waals surface area contributed by atoms with Gasteiger partial charge in [-0.25, -0.2) is 0 Å². The molecule has 25 heavy (non-hydrogen) atoms. The van der Waals surface area contributed by atoms with Gasteiger partial charge in [-0.1, -0.05) is 44.2 Å². The Bertz CT molecular complexity index is 700. The number of nitrogens with zero attached hydrogens (tertiary/aromatic N) is 1. The second-order valence-electron chi connectivity index (χ2n) is 7.39. The van der Waals surface area contributed by atoms with Gasteiger partial charge < -0.3 is 5.32 Å². The first-order valence-corrected chi connectivity index (χ1v) is 9.32. The first-order chi connectivity index (χ1) is 12.1. The van der Waals surface area contributed by atoms with Gasteiger partial charge in [0.2, 0.25) is 0 Å². The van der Waals surface area contributed by atoms with Gasteiger partial charge in [0, 0.05) is 17.8 Å². The molecule has 3 heteroatoms. The molecule has 1 fully saturated rings. The van der Waals surface area contributed by atoms with Crippen molar-refractivity contribution in [2.45, 2.75) is 39.7 Å². The molecule has 1 amide bonds. The number of carbonyl (C=O) groups is 1. The molecule has 1 aliphatic rings. The number of hydrogen-bond acceptors (Lipinski definition) is 2. The number of likely N-dealkylation sites (tertiary alicyclic amines) is 1. The predicted molar refractivity (Wildman–Crippen MR) is 104 cm³/mol. The van der Waals surface area contributed by atoms with Crippen molar-refractivity contribution in [2.24, 2.45) is 5.92 Å². The molecule has 0 spiro atoms. The quantitative estimate of drug-likeness (QED) is 0.827. The van der Waals surface area contributed by atoms with Crippen LogP contribution < -0.4 is 5.32 Å². The van der Waals surface area contributed by atoms with Crippen LogP contribution in [-0.2, 0) is 13.0 Å². The topological polar surface area (TPSA) is 32.3 Å². The molecule has 132 valence electrons. The van der Waals surface area contributed by atoms with Crippen LogP contribution in [0.4, 0.5) is 5.69 Å². The van der Waals surface area contributed by atoms with Crippen molar-refractivity contribution in [1.82, 2.24) is 4.90 Å². The van der Waals surface area contributed by atoms with Gasteiger partial charge in [-0.05, 0) is 67.6 Å². The largest absolute Gasteiger partial charge is 0.322 e. The highest BCUT2D eigenvalue weighted by Crippen LogP contribution is 2.21. The Morgan fingerprint density at radius 1 is 1.04 bits per heavy atom. The summed E-state index contributed by atoms with van der Waals surface area (Å²) in [5.74, 6) is 0.585. The van der Waals surface area contributed by atoms with Crippen LogP contribution in [0.2, 0.25) is 0 Å². The van der Waals surface area contributed by atoms with Crippen LogP contribution in [0.25, 0.3) is 0 Å². The Morgan fingerprint density at radius 3 is 2.40 bits per heavy atom. The summed E-state index contributed by atoms with van der Waals surface area (Å²) in [6, 6.07) is 16.1. The van der Waals surface area contributed by atoms with E-state index in [4.69, 9.17) is 0 Å². The molecule has 0 bridgehead atoms. The number of para-hydroxylation sites is 1. The Labute approximate surface area is 151 Å². The van der Waals surface area contributed by atoms with Gasteiger partial charge in [-0.15, -0.1) is 0 Å². The molecule has 1 saturated heterocycles. The molecule has 3 nitrogen and oxygen atoms in total. The molecule has 2 aromatic rings. The normalized spacial score (nSPS) is 14.8. The number of anilines is 1. The molecule has 1 N–H and O–H groups in total. The van der Waals surface area contributed by atoms with Crippen LogP contribution in [0, 0.1) is 5.92 Å². The van der Waals surface area contributed by atoms with Crippen molar-refractivity contribution >= 4 is 11.6 Å². The maximum absolute atomic E-state index is 12.6. The zero-order chi connectivity index (χ0) is 17.6. The Balaban J connectivity index is 1.68. The van der Waals surface area contributed by atoms with Crippen LogP contribution in [0.3, 0.4) is 0 Å². The lowest BCUT2D eigenvalue weighted by Crippen LogP contribution is -2.20. The Morgan fingerprint density at radius 2 is 1.72 bits per heavy atom. The lowest BCUT2D eigenvalue weighted by Gasteiger charge is -2.18. The van der Waals surface area contributed by atoms with Gasteiger partial charge >= 0.3 is 0 Å². The summed E-state index contributed by atoms with van der Waals surface area (Å²) in [5, 5.41) is 3.10. The Kier molecular flexibility index (Phi) is 5.87. The average molecular weight is 336 g/mol. The van der Waals surface area contributed by atoms with Crippen molar-refractivity contribution in [3.63, 3.8) is 0 Å². The number of hydrogen-bond donors (Lipinski definition) is 1. The third kappa shape index (κ3) is 4.93. The molecule has 0 atom stereocenters. The van der Waals surface area contributed by atoms with Gasteiger partial charge in [0.1, 0.15) is 0 Å². The lowest BCUT2D eigenvalue weighted by molar-refractivity contribution is 0.102. The molecule has 0 aliphatic carbocycles. The van der Waals surface area contributed by atoms with E-state index in [0.29, 0.717) is 11.5 Å². The molecule has 0 unspecified atom stereocenters. The van der Waals surface area contributed by atoms with Gasteiger partial charge in [0.15, 0.2) is 0 Å². The SMILES string of the molecule is CC(C)Cc1ccc(C(=O)Nc2ccccc2CN2CCCC2)cc1. The fourth-order valence-electron chi connectivity index (χ4n) is 3.42. The standard InChI is InChI=1S/C22H28N2O/c1-17(2)15-18-9-11-19(12-10-18)22(25)23-21-8-4-3-7-20(21)16-24-13-5-6-14-24/h3-4,7-12,17H,5-6,13-16H2,1-2H3,(H,23,25). The summed E-state index contributed by atoms with van der Waals surface area (Å²) in [5.41, 5.74) is 4.10. The minimum atomic E-state index is -0.0371. The summed E-state index contributed by atoms with van der Waals surface area (Å²) in [7, 11) is 0. The molecule has 1 heterocycles. The molecule has 0 saturated carbocycles. The fraction of sp³-hybridized carbons (Fsp3) is 0.409. The second kappa shape index (κ2) is 8.30. The minimum Gasteiger partial charge on any atom is -0.322 e. The number of benzene rings is 2. The highest BCUT2D eigenvalue weighted by Gasteiger charge is 2.15. The van der Waals surface area contributed by atoms with Crippen LogP contribution in [0.15, 0.2) is 48.5 Å².